The van der Waals surface area contributed by atoms with Crippen LogP contribution >= 0.6 is 11.8 Å². The van der Waals surface area contributed by atoms with Crippen molar-refractivity contribution in [2.24, 2.45) is 0 Å². The van der Waals surface area contributed by atoms with Gasteiger partial charge >= 0.3 is 0 Å². The third-order valence-electron chi connectivity index (χ3n) is 6.06. The average Bonchev–Trinajstić information content (AvgIpc) is 3.40. The molecule has 5 rings (SSSR count). The van der Waals surface area contributed by atoms with Crippen molar-refractivity contribution in [2.75, 3.05) is 0 Å². The van der Waals surface area contributed by atoms with Gasteiger partial charge in [0.05, 0.1) is 21.9 Å². The van der Waals surface area contributed by atoms with E-state index in [1.165, 1.54) is 17.0 Å². The minimum absolute atomic E-state index is 0.0515. The number of hydrogen-bond acceptors (Lipinski definition) is 6. The zero-order chi connectivity index (χ0) is 24.7. The molecule has 8 heteroatoms. The van der Waals surface area contributed by atoms with Gasteiger partial charge in [-0.3, -0.25) is 24.6 Å². The van der Waals surface area contributed by atoms with Gasteiger partial charge < -0.3 is 4.42 Å². The van der Waals surface area contributed by atoms with Crippen LogP contribution in [0.3, 0.4) is 0 Å². The molecule has 0 aliphatic carbocycles. The highest BCUT2D eigenvalue weighted by Gasteiger charge is 2.35. The number of imide groups is 1. The van der Waals surface area contributed by atoms with Gasteiger partial charge in [0, 0.05) is 12.1 Å². The van der Waals surface area contributed by atoms with E-state index in [1.807, 2.05) is 56.3 Å². The van der Waals surface area contributed by atoms with E-state index >= 15 is 0 Å². The lowest BCUT2D eigenvalue weighted by Gasteiger charge is -2.14. The molecule has 174 valence electrons. The summed E-state index contributed by atoms with van der Waals surface area (Å²) in [5, 5.41) is 13.2. The van der Waals surface area contributed by atoms with Crippen LogP contribution in [0.2, 0.25) is 0 Å². The monoisotopic (exact) mass is 484 g/mol. The number of benzene rings is 3. The summed E-state index contributed by atoms with van der Waals surface area (Å²) in [6, 6.07) is 20.1. The number of nitro benzene ring substituents is 1. The van der Waals surface area contributed by atoms with Gasteiger partial charge in [-0.1, -0.05) is 42.5 Å². The lowest BCUT2D eigenvalue weighted by Crippen LogP contribution is -2.27. The van der Waals surface area contributed by atoms with E-state index in [2.05, 4.69) is 0 Å². The number of furan rings is 1. The van der Waals surface area contributed by atoms with Gasteiger partial charge in [0.2, 0.25) is 0 Å². The molecule has 0 unspecified atom stereocenters. The number of fused-ring (bicyclic) bond motifs is 1. The Labute approximate surface area is 205 Å². The predicted molar refractivity (Wildman–Crippen MR) is 136 cm³/mol. The van der Waals surface area contributed by atoms with Gasteiger partial charge in [-0.15, -0.1) is 0 Å². The Bertz CT molecular complexity index is 1550. The Morgan fingerprint density at radius 2 is 1.74 bits per heavy atom. The highest BCUT2D eigenvalue weighted by atomic mass is 32.2. The Morgan fingerprint density at radius 3 is 2.54 bits per heavy atom. The predicted octanol–water partition coefficient (Wildman–Crippen LogP) is 6.86. The summed E-state index contributed by atoms with van der Waals surface area (Å²) in [7, 11) is 0. The number of amides is 2. The molecule has 0 bridgehead atoms. The molecule has 35 heavy (non-hydrogen) atoms. The van der Waals surface area contributed by atoms with E-state index in [0.29, 0.717) is 17.1 Å². The molecule has 1 saturated heterocycles. The number of carbonyl (C=O) groups is 2. The summed E-state index contributed by atoms with van der Waals surface area (Å²) in [6.07, 6.45) is 1.50. The maximum atomic E-state index is 13.0. The normalized spacial score (nSPS) is 14.9. The summed E-state index contributed by atoms with van der Waals surface area (Å²) in [5.74, 6) is 0.257. The Morgan fingerprint density at radius 1 is 1.00 bits per heavy atom. The van der Waals surface area contributed by atoms with E-state index in [9.17, 15) is 19.7 Å². The van der Waals surface area contributed by atoms with Gasteiger partial charge in [0.15, 0.2) is 0 Å². The van der Waals surface area contributed by atoms with E-state index in [0.717, 1.165) is 39.2 Å². The first kappa shape index (κ1) is 22.6. The van der Waals surface area contributed by atoms with E-state index in [4.69, 9.17) is 4.42 Å². The smallest absolute Gasteiger partial charge is 0.293 e. The van der Waals surface area contributed by atoms with Gasteiger partial charge in [0.25, 0.3) is 16.8 Å². The fourth-order valence-electron chi connectivity index (χ4n) is 4.09. The van der Waals surface area contributed by atoms with Crippen LogP contribution in [0.4, 0.5) is 10.5 Å². The third kappa shape index (κ3) is 4.24. The van der Waals surface area contributed by atoms with E-state index in [-0.39, 0.29) is 22.4 Å². The molecule has 3 aromatic carbocycles. The average molecular weight is 485 g/mol. The van der Waals surface area contributed by atoms with Crippen molar-refractivity contribution in [3.05, 3.63) is 104 Å². The molecular weight excluding hydrogens is 464 g/mol. The Balaban J connectivity index is 1.42. The molecule has 0 saturated carbocycles. The van der Waals surface area contributed by atoms with Crippen LogP contribution in [0.15, 0.2) is 76.1 Å². The second-order valence-corrected chi connectivity index (χ2v) is 9.31. The van der Waals surface area contributed by atoms with Gasteiger partial charge in [0.1, 0.15) is 11.5 Å². The molecule has 1 aromatic heterocycles. The highest BCUT2D eigenvalue weighted by Crippen LogP contribution is 2.37. The molecule has 2 heterocycles. The lowest BCUT2D eigenvalue weighted by atomic mass is 10.0. The first-order valence-corrected chi connectivity index (χ1v) is 11.7. The largest absolute Gasteiger partial charge is 0.456 e. The molecule has 7 nitrogen and oxygen atoms in total. The first-order valence-electron chi connectivity index (χ1n) is 10.9. The fraction of sp³-hybridized carbons (Fsp3) is 0.111. The van der Waals surface area contributed by atoms with Crippen molar-refractivity contribution in [3.63, 3.8) is 0 Å². The van der Waals surface area contributed by atoms with Crippen LogP contribution in [0.1, 0.15) is 22.5 Å². The lowest BCUT2D eigenvalue weighted by molar-refractivity contribution is -0.384. The zero-order valence-electron chi connectivity index (χ0n) is 19.0. The zero-order valence-corrected chi connectivity index (χ0v) is 19.8. The summed E-state index contributed by atoms with van der Waals surface area (Å²) in [4.78, 5) is 38.3. The third-order valence-corrected chi connectivity index (χ3v) is 6.96. The molecule has 4 aromatic rings. The Hall–Kier alpha value is -4.17. The van der Waals surface area contributed by atoms with Gasteiger partial charge in [-0.2, -0.15) is 0 Å². The van der Waals surface area contributed by atoms with Crippen LogP contribution in [-0.2, 0) is 11.3 Å². The molecule has 0 atom stereocenters. The number of carbonyl (C=O) groups excluding carboxylic acids is 2. The minimum atomic E-state index is -0.442. The molecule has 1 fully saturated rings. The van der Waals surface area contributed by atoms with Crippen LogP contribution < -0.4 is 0 Å². The minimum Gasteiger partial charge on any atom is -0.456 e. The second-order valence-electron chi connectivity index (χ2n) is 8.32. The molecule has 1 aliphatic rings. The van der Waals surface area contributed by atoms with E-state index in [1.54, 1.807) is 18.2 Å². The molecule has 0 radical (unpaired) electrons. The molecule has 1 aliphatic heterocycles. The van der Waals surface area contributed by atoms with E-state index < -0.39 is 10.8 Å². The molecular formula is C27H20N2O5S. The number of nitro groups is 1. The Kier molecular flexibility index (Phi) is 5.74. The number of aryl methyl sites for hydroxylation is 2. The second kappa shape index (κ2) is 8.88. The number of rotatable bonds is 5. The van der Waals surface area contributed by atoms with Gasteiger partial charge in [-0.25, -0.2) is 0 Å². The molecule has 2 amide bonds. The summed E-state index contributed by atoms with van der Waals surface area (Å²) in [5.41, 5.74) is 2.91. The van der Waals surface area contributed by atoms with Crippen molar-refractivity contribution in [1.29, 1.82) is 0 Å². The van der Waals surface area contributed by atoms with Crippen LogP contribution in [0.5, 0.6) is 0 Å². The highest BCUT2D eigenvalue weighted by molar-refractivity contribution is 8.18. The summed E-state index contributed by atoms with van der Waals surface area (Å²) in [6.45, 7) is 3.86. The molecule has 0 N–H and O–H groups in total. The maximum Gasteiger partial charge on any atom is 0.293 e. The fourth-order valence-corrected chi connectivity index (χ4v) is 4.91. The van der Waals surface area contributed by atoms with Crippen LogP contribution in [0, 0.1) is 24.0 Å². The van der Waals surface area contributed by atoms with Crippen molar-refractivity contribution in [2.45, 2.75) is 20.4 Å². The quantitative estimate of drug-likeness (QED) is 0.174. The number of hydrogen-bond donors (Lipinski definition) is 0. The van der Waals surface area contributed by atoms with Crippen molar-refractivity contribution < 1.29 is 18.9 Å². The number of nitrogens with zero attached hydrogens (tertiary/aromatic N) is 2. The van der Waals surface area contributed by atoms with Crippen LogP contribution in [0.25, 0.3) is 28.2 Å². The van der Waals surface area contributed by atoms with Crippen molar-refractivity contribution >= 4 is 45.4 Å². The van der Waals surface area contributed by atoms with Crippen molar-refractivity contribution in [1.82, 2.24) is 4.90 Å². The summed E-state index contributed by atoms with van der Waals surface area (Å²) >= 11 is 0.849. The maximum absolute atomic E-state index is 13.0. The number of thioether (sulfide) groups is 1. The first-order chi connectivity index (χ1) is 16.8. The topological polar surface area (TPSA) is 93.7 Å². The van der Waals surface area contributed by atoms with Crippen LogP contribution in [-0.4, -0.2) is 21.0 Å². The SMILES string of the molecule is Cc1cc(-c2ccc(/C=C3\SC(=O)N(Cc4cccc5ccccc45)C3=O)o2)c([N+](=O)[O-])cc1C. The standard InChI is InChI=1S/C27H20N2O5S/c1-16-12-22(23(29(32)33)13-17(16)2)24-11-10-20(34-24)14-25-26(30)28(27(31)35-25)15-19-8-5-7-18-6-3-4-9-21(18)19/h3-14H,15H2,1-2H3/b25-14-. The van der Waals surface area contributed by atoms with Crippen molar-refractivity contribution in [3.8, 4) is 11.3 Å². The van der Waals surface area contributed by atoms with Gasteiger partial charge in [-0.05, 0) is 71.3 Å². The molecule has 0 spiro atoms. The summed E-state index contributed by atoms with van der Waals surface area (Å²) < 4.78 is 5.84.